The zero-order valence-corrected chi connectivity index (χ0v) is 10.8. The van der Waals surface area contributed by atoms with Gasteiger partial charge in [-0.25, -0.2) is 9.97 Å². The van der Waals surface area contributed by atoms with Crippen molar-refractivity contribution in [1.29, 1.82) is 0 Å². The van der Waals surface area contributed by atoms with Gasteiger partial charge in [0, 0.05) is 18.0 Å². The van der Waals surface area contributed by atoms with Crippen LogP contribution in [-0.4, -0.2) is 9.97 Å². The second-order valence-electron chi connectivity index (χ2n) is 4.96. The third-order valence-corrected chi connectivity index (χ3v) is 3.72. The molecule has 0 saturated heterocycles. The monoisotopic (exact) mass is 238 g/mol. The van der Waals surface area contributed by atoms with Gasteiger partial charge in [-0.15, -0.1) is 0 Å². The first kappa shape index (κ1) is 11.4. The second kappa shape index (κ2) is 4.89. The maximum Gasteiger partial charge on any atom is 0.159 e. The van der Waals surface area contributed by atoms with Gasteiger partial charge >= 0.3 is 0 Å². The summed E-state index contributed by atoms with van der Waals surface area (Å²) in [4.78, 5) is 8.92. The number of aromatic nitrogens is 2. The van der Waals surface area contributed by atoms with Crippen LogP contribution in [0.3, 0.4) is 0 Å². The summed E-state index contributed by atoms with van der Waals surface area (Å²) in [6.07, 6.45) is 9.93. The number of benzene rings is 1. The third kappa shape index (κ3) is 2.15. The molecule has 1 aliphatic rings. The van der Waals surface area contributed by atoms with Gasteiger partial charge in [-0.05, 0) is 54.9 Å². The van der Waals surface area contributed by atoms with E-state index in [0.717, 1.165) is 17.8 Å². The molecule has 0 saturated carbocycles. The summed E-state index contributed by atoms with van der Waals surface area (Å²) in [7, 11) is 0. The first-order valence-electron chi connectivity index (χ1n) is 6.80. The standard InChI is InChI=1S/C16H18N2/c1-2-12-10-17-16(18-11-12)15-8-7-13-5-3-4-6-14(13)9-15/h7-11H,2-6H2,1H3. The topological polar surface area (TPSA) is 25.8 Å². The van der Waals surface area contributed by atoms with Gasteiger partial charge in [0.05, 0.1) is 0 Å². The Bertz CT molecular complexity index is 544. The molecule has 0 atom stereocenters. The predicted octanol–water partition coefficient (Wildman–Crippen LogP) is 3.58. The van der Waals surface area contributed by atoms with Crippen molar-refractivity contribution in [3.8, 4) is 11.4 Å². The summed E-state index contributed by atoms with van der Waals surface area (Å²) in [6.45, 7) is 2.12. The van der Waals surface area contributed by atoms with Crippen molar-refractivity contribution in [2.75, 3.05) is 0 Å². The van der Waals surface area contributed by atoms with E-state index in [2.05, 4.69) is 35.1 Å². The largest absolute Gasteiger partial charge is 0.236 e. The van der Waals surface area contributed by atoms with Gasteiger partial charge < -0.3 is 0 Å². The molecule has 0 N–H and O–H groups in total. The van der Waals surface area contributed by atoms with Gasteiger partial charge in [0.25, 0.3) is 0 Å². The van der Waals surface area contributed by atoms with Crippen LogP contribution in [0.25, 0.3) is 11.4 Å². The van der Waals surface area contributed by atoms with Crippen molar-refractivity contribution in [1.82, 2.24) is 9.97 Å². The Balaban J connectivity index is 1.95. The van der Waals surface area contributed by atoms with Gasteiger partial charge in [-0.2, -0.15) is 0 Å². The molecule has 2 heteroatoms. The lowest BCUT2D eigenvalue weighted by Gasteiger charge is -2.16. The van der Waals surface area contributed by atoms with Crippen LogP contribution in [0.15, 0.2) is 30.6 Å². The van der Waals surface area contributed by atoms with Crippen LogP contribution in [-0.2, 0) is 19.3 Å². The number of aryl methyl sites for hydroxylation is 3. The second-order valence-corrected chi connectivity index (χ2v) is 4.96. The van der Waals surface area contributed by atoms with E-state index in [1.54, 1.807) is 0 Å². The van der Waals surface area contributed by atoms with E-state index < -0.39 is 0 Å². The Labute approximate surface area is 108 Å². The first-order valence-corrected chi connectivity index (χ1v) is 6.80. The first-order chi connectivity index (χ1) is 8.86. The highest BCUT2D eigenvalue weighted by molar-refractivity contribution is 5.57. The van der Waals surface area contributed by atoms with Crippen molar-refractivity contribution < 1.29 is 0 Å². The Morgan fingerprint density at radius 2 is 1.72 bits per heavy atom. The molecule has 1 aromatic heterocycles. The molecule has 92 valence electrons. The molecule has 0 aliphatic heterocycles. The van der Waals surface area contributed by atoms with Crippen LogP contribution in [0.2, 0.25) is 0 Å². The lowest BCUT2D eigenvalue weighted by Crippen LogP contribution is -2.02. The van der Waals surface area contributed by atoms with Gasteiger partial charge in [0.2, 0.25) is 0 Å². The zero-order chi connectivity index (χ0) is 12.4. The lowest BCUT2D eigenvalue weighted by molar-refractivity contribution is 0.686. The Kier molecular flexibility index (Phi) is 3.09. The molecule has 0 bridgehead atoms. The van der Waals surface area contributed by atoms with Crippen molar-refractivity contribution in [3.63, 3.8) is 0 Å². The summed E-state index contributed by atoms with van der Waals surface area (Å²) in [6, 6.07) is 6.68. The summed E-state index contributed by atoms with van der Waals surface area (Å²) in [5.41, 5.74) is 5.34. The summed E-state index contributed by atoms with van der Waals surface area (Å²) < 4.78 is 0. The van der Waals surface area contributed by atoms with Crippen LogP contribution in [0.1, 0.15) is 36.5 Å². The molecule has 0 amide bonds. The van der Waals surface area contributed by atoms with Crippen LogP contribution >= 0.6 is 0 Å². The number of fused-ring (bicyclic) bond motifs is 1. The number of nitrogens with zero attached hydrogens (tertiary/aromatic N) is 2. The molecule has 2 aromatic rings. The number of rotatable bonds is 2. The highest BCUT2D eigenvalue weighted by atomic mass is 14.9. The number of hydrogen-bond donors (Lipinski definition) is 0. The van der Waals surface area contributed by atoms with Gasteiger partial charge in [0.1, 0.15) is 0 Å². The van der Waals surface area contributed by atoms with E-state index in [9.17, 15) is 0 Å². The molecule has 18 heavy (non-hydrogen) atoms. The molecule has 0 radical (unpaired) electrons. The average Bonchev–Trinajstić information content (AvgIpc) is 2.47. The van der Waals surface area contributed by atoms with Gasteiger partial charge in [-0.3, -0.25) is 0 Å². The van der Waals surface area contributed by atoms with Crippen molar-refractivity contribution in [2.45, 2.75) is 39.0 Å². The Morgan fingerprint density at radius 3 is 2.44 bits per heavy atom. The number of hydrogen-bond acceptors (Lipinski definition) is 2. The van der Waals surface area contributed by atoms with E-state index >= 15 is 0 Å². The quantitative estimate of drug-likeness (QED) is 0.799. The summed E-state index contributed by atoms with van der Waals surface area (Å²) in [5.74, 6) is 0.848. The maximum absolute atomic E-state index is 4.46. The molecule has 1 aromatic carbocycles. The van der Waals surface area contributed by atoms with Crippen LogP contribution in [0.4, 0.5) is 0 Å². The van der Waals surface area contributed by atoms with Crippen LogP contribution in [0.5, 0.6) is 0 Å². The van der Waals surface area contributed by atoms with Gasteiger partial charge in [0.15, 0.2) is 5.82 Å². The minimum atomic E-state index is 0.848. The van der Waals surface area contributed by atoms with E-state index in [1.807, 2.05) is 12.4 Å². The molecule has 2 nitrogen and oxygen atoms in total. The highest BCUT2D eigenvalue weighted by Crippen LogP contribution is 2.25. The van der Waals surface area contributed by atoms with E-state index in [1.165, 1.54) is 42.4 Å². The fourth-order valence-corrected chi connectivity index (χ4v) is 2.56. The SMILES string of the molecule is CCc1cnc(-c2ccc3c(c2)CCCC3)nc1. The molecular formula is C16H18N2. The molecule has 0 fully saturated rings. The smallest absolute Gasteiger partial charge is 0.159 e. The highest BCUT2D eigenvalue weighted by Gasteiger charge is 2.11. The minimum absolute atomic E-state index is 0.848. The molecule has 0 spiro atoms. The van der Waals surface area contributed by atoms with Crippen LogP contribution in [0, 0.1) is 0 Å². The molecule has 0 unspecified atom stereocenters. The lowest BCUT2D eigenvalue weighted by atomic mass is 9.90. The Morgan fingerprint density at radius 1 is 1.00 bits per heavy atom. The van der Waals surface area contributed by atoms with Crippen molar-refractivity contribution in [2.24, 2.45) is 0 Å². The van der Waals surface area contributed by atoms with E-state index in [4.69, 9.17) is 0 Å². The van der Waals surface area contributed by atoms with Gasteiger partial charge in [-0.1, -0.05) is 19.1 Å². The fourth-order valence-electron chi connectivity index (χ4n) is 2.56. The maximum atomic E-state index is 4.46. The van der Waals surface area contributed by atoms with Crippen molar-refractivity contribution >= 4 is 0 Å². The Hall–Kier alpha value is -1.70. The van der Waals surface area contributed by atoms with E-state index in [-0.39, 0.29) is 0 Å². The minimum Gasteiger partial charge on any atom is -0.236 e. The predicted molar refractivity (Wildman–Crippen MR) is 73.5 cm³/mol. The molecule has 3 rings (SSSR count). The molecule has 1 aliphatic carbocycles. The average molecular weight is 238 g/mol. The van der Waals surface area contributed by atoms with Crippen LogP contribution < -0.4 is 0 Å². The normalized spacial score (nSPS) is 14.3. The van der Waals surface area contributed by atoms with Crippen molar-refractivity contribution in [3.05, 3.63) is 47.3 Å². The summed E-state index contributed by atoms with van der Waals surface area (Å²) >= 11 is 0. The summed E-state index contributed by atoms with van der Waals surface area (Å²) in [5, 5.41) is 0. The fraction of sp³-hybridized carbons (Fsp3) is 0.375. The van der Waals surface area contributed by atoms with E-state index in [0.29, 0.717) is 0 Å². The molecular weight excluding hydrogens is 220 g/mol. The zero-order valence-electron chi connectivity index (χ0n) is 10.8. The molecule has 1 heterocycles. The third-order valence-electron chi connectivity index (χ3n) is 3.72.